The van der Waals surface area contributed by atoms with Crippen LogP contribution in [0.5, 0.6) is 0 Å². The molecule has 0 saturated carbocycles. The van der Waals surface area contributed by atoms with Gasteiger partial charge in [-0.15, -0.1) is 0 Å². The zero-order valence-electron chi connectivity index (χ0n) is 11.3. The molecule has 2 heterocycles. The maximum Gasteiger partial charge on any atom is 0.483 e. The van der Waals surface area contributed by atoms with E-state index in [9.17, 15) is 37.8 Å². The molecular formula is C4H8O16P4Re-4. The molecule has 0 atom stereocenters. The van der Waals surface area contributed by atoms with Crippen molar-refractivity contribution in [2.24, 2.45) is 0 Å². The van der Waals surface area contributed by atoms with E-state index >= 15 is 0 Å². The van der Waals surface area contributed by atoms with E-state index < -0.39 is 57.1 Å². The van der Waals surface area contributed by atoms with Crippen molar-refractivity contribution in [2.75, 3.05) is 13.2 Å². The van der Waals surface area contributed by atoms with Gasteiger partial charge in [-0.25, -0.2) is 9.13 Å². The first-order valence-electron chi connectivity index (χ1n) is 5.31. The van der Waals surface area contributed by atoms with E-state index in [-0.39, 0.29) is 20.4 Å². The van der Waals surface area contributed by atoms with Crippen LogP contribution in [0.4, 0.5) is 0 Å². The molecule has 2 aliphatic heterocycles. The first-order chi connectivity index (χ1) is 10.7. The maximum absolute atomic E-state index is 10.7. The summed E-state index contributed by atoms with van der Waals surface area (Å²) < 4.78 is 64.6. The number of phosphoric acid groups is 4. The second-order valence-electron chi connectivity index (χ2n) is 3.60. The minimum atomic E-state index is -5.38. The molecule has 0 aliphatic carbocycles. The van der Waals surface area contributed by atoms with Gasteiger partial charge in [-0.3, -0.25) is 26.7 Å². The van der Waals surface area contributed by atoms with Crippen molar-refractivity contribution >= 4 is 31.3 Å². The van der Waals surface area contributed by atoms with Crippen LogP contribution in [0.25, 0.3) is 0 Å². The topological polar surface area (TPSA) is 256 Å². The Hall–Kier alpha value is 1.10. The minimum Gasteiger partial charge on any atom is -0.789 e. The number of aliphatic hydroxyl groups is 2. The third kappa shape index (κ3) is 9.73. The van der Waals surface area contributed by atoms with E-state index in [0.717, 1.165) is 0 Å². The van der Waals surface area contributed by atoms with Gasteiger partial charge in [-0.1, -0.05) is 0 Å². The van der Waals surface area contributed by atoms with Crippen molar-refractivity contribution in [2.45, 2.75) is 12.6 Å². The average molecular weight is 622 g/mol. The van der Waals surface area contributed by atoms with Gasteiger partial charge in [0.1, 0.15) is 0 Å². The summed E-state index contributed by atoms with van der Waals surface area (Å²) >= 11 is 0. The summed E-state index contributed by atoms with van der Waals surface area (Å²) in [7, 11) is -19.2. The van der Waals surface area contributed by atoms with Gasteiger partial charge in [0.25, 0.3) is 0 Å². The molecule has 16 nitrogen and oxygen atoms in total. The third-order valence-corrected chi connectivity index (χ3v) is 6.86. The molecular weight excluding hydrogens is 614 g/mol. The largest absolute Gasteiger partial charge is 0.789 e. The molecule has 0 unspecified atom stereocenters. The molecule has 2 aliphatic rings. The number of rotatable bonds is 6. The van der Waals surface area contributed by atoms with Gasteiger partial charge in [0.2, 0.25) is 12.6 Å². The monoisotopic (exact) mass is 623 g/mol. The summed E-state index contributed by atoms with van der Waals surface area (Å²) in [6.45, 7) is -1.20. The van der Waals surface area contributed by atoms with Gasteiger partial charge in [-0.05, 0) is 0 Å². The Balaban J connectivity index is 0.000000443. The van der Waals surface area contributed by atoms with E-state index in [1.807, 2.05) is 0 Å². The van der Waals surface area contributed by atoms with Crippen LogP contribution in [0.2, 0.25) is 0 Å². The minimum absolute atomic E-state index is 0. The van der Waals surface area contributed by atoms with Gasteiger partial charge in [-0.2, -0.15) is 0 Å². The van der Waals surface area contributed by atoms with Crippen LogP contribution < -0.4 is 19.6 Å². The molecule has 1 radical (unpaired) electrons. The van der Waals surface area contributed by atoms with Gasteiger partial charge >= 0.3 is 15.6 Å². The van der Waals surface area contributed by atoms with Crippen LogP contribution in [0.3, 0.4) is 0 Å². The number of aliphatic hydroxyl groups excluding tert-OH is 2. The van der Waals surface area contributed by atoms with Crippen molar-refractivity contribution in [1.82, 2.24) is 0 Å². The smallest absolute Gasteiger partial charge is 0.483 e. The third-order valence-electron chi connectivity index (χ3n) is 1.68. The van der Waals surface area contributed by atoms with Crippen molar-refractivity contribution in [3.8, 4) is 0 Å². The summed E-state index contributed by atoms with van der Waals surface area (Å²) in [5.41, 5.74) is 0. The first kappa shape index (κ1) is 26.1. The number of phosphoric ester groups is 2. The van der Waals surface area contributed by atoms with Crippen molar-refractivity contribution in [3.63, 3.8) is 0 Å². The van der Waals surface area contributed by atoms with Gasteiger partial charge < -0.3 is 38.9 Å². The molecule has 2 N–H and O–H groups in total. The average Bonchev–Trinajstić information content (AvgIpc) is 2.29. The summed E-state index contributed by atoms with van der Waals surface area (Å²) in [6.07, 6.45) is -2.38. The van der Waals surface area contributed by atoms with E-state index in [0.29, 0.717) is 0 Å². The zero-order valence-corrected chi connectivity index (χ0v) is 17.6. The van der Waals surface area contributed by atoms with E-state index in [2.05, 4.69) is 26.7 Å². The predicted octanol–water partition coefficient (Wildman–Crippen LogP) is -3.39. The number of hydrogen-bond donors (Lipinski definition) is 2. The molecule has 0 aromatic heterocycles. The molecule has 2 saturated heterocycles. The van der Waals surface area contributed by atoms with Crippen LogP contribution in [-0.4, -0.2) is 36.0 Å². The summed E-state index contributed by atoms with van der Waals surface area (Å²) in [6, 6.07) is 0. The van der Waals surface area contributed by atoms with Gasteiger partial charge in [0.15, 0.2) is 0 Å². The summed E-state index contributed by atoms with van der Waals surface area (Å²) in [5.74, 6) is 0. The van der Waals surface area contributed by atoms with Gasteiger partial charge in [0, 0.05) is 20.4 Å². The van der Waals surface area contributed by atoms with Crippen LogP contribution in [0.15, 0.2) is 0 Å². The molecule has 2 rings (SSSR count). The second kappa shape index (κ2) is 9.54. The Morgan fingerprint density at radius 3 is 1.20 bits per heavy atom. The predicted molar refractivity (Wildman–Crippen MR) is 58.7 cm³/mol. The Kier molecular flexibility index (Phi) is 9.96. The van der Waals surface area contributed by atoms with Gasteiger partial charge in [0.05, 0.1) is 28.9 Å². The molecule has 25 heavy (non-hydrogen) atoms. The molecule has 21 heteroatoms. The molecule has 0 aromatic rings. The van der Waals surface area contributed by atoms with Crippen molar-refractivity contribution in [3.05, 3.63) is 0 Å². The normalized spacial score (nSPS) is 34.6. The Labute approximate surface area is 152 Å². The molecule has 0 spiro atoms. The first-order valence-corrected chi connectivity index (χ1v) is 11.2. The summed E-state index contributed by atoms with van der Waals surface area (Å²) in [5, 5.41) is 16.5. The van der Waals surface area contributed by atoms with Crippen molar-refractivity contribution < 1.29 is 95.2 Å². The SMILES string of the molecule is O=P([O-])([O-])OP1(=O)OC(CO)O1.O=P([O-])([O-])OP1(=O)OC(CO)O1.[Re]. The fourth-order valence-corrected chi connectivity index (χ4v) is 5.07. The van der Waals surface area contributed by atoms with E-state index in [1.54, 1.807) is 0 Å². The fourth-order valence-electron chi connectivity index (χ4n) is 1.05. The van der Waals surface area contributed by atoms with Crippen LogP contribution >= 0.6 is 31.3 Å². The Bertz CT molecular complexity index is 548. The summed E-state index contributed by atoms with van der Waals surface area (Å²) in [4.78, 5) is 39.6. The van der Waals surface area contributed by atoms with Crippen LogP contribution in [0.1, 0.15) is 0 Å². The Morgan fingerprint density at radius 1 is 0.800 bits per heavy atom. The molecule has 151 valence electrons. The molecule has 2 fully saturated rings. The molecule has 0 aromatic carbocycles. The van der Waals surface area contributed by atoms with Crippen LogP contribution in [0, 0.1) is 0 Å². The second-order valence-corrected chi connectivity index (χ2v) is 9.33. The van der Waals surface area contributed by atoms with E-state index in [4.69, 9.17) is 10.2 Å². The standard InChI is InChI=1S/2C2H6O8P2.Re/c2*3-1-2-8-12(7,9-2)10-11(4,5)6;/h2*2-3H,1H2,(H2,4,5,6);/p-4. The van der Waals surface area contributed by atoms with Crippen LogP contribution in [-0.2, 0) is 65.4 Å². The fraction of sp³-hybridized carbons (Fsp3) is 1.00. The number of hydrogen-bond acceptors (Lipinski definition) is 16. The van der Waals surface area contributed by atoms with E-state index in [1.165, 1.54) is 0 Å². The maximum atomic E-state index is 10.7. The Morgan fingerprint density at radius 2 is 1.04 bits per heavy atom. The van der Waals surface area contributed by atoms with Crippen molar-refractivity contribution in [1.29, 1.82) is 0 Å². The molecule has 0 bridgehead atoms. The quantitative estimate of drug-likeness (QED) is 0.274. The zero-order chi connectivity index (χ0) is 18.8. The molecule has 0 amide bonds.